The molecular formula is C8H12O3S2. The molecule has 3 nitrogen and oxygen atoms in total. The van der Waals surface area contributed by atoms with Crippen LogP contribution in [-0.4, -0.2) is 28.3 Å². The molecule has 1 fully saturated rings. The van der Waals surface area contributed by atoms with Crippen LogP contribution in [0.15, 0.2) is 0 Å². The van der Waals surface area contributed by atoms with Crippen LogP contribution in [0, 0.1) is 0 Å². The average molecular weight is 220 g/mol. The van der Waals surface area contributed by atoms with Crippen LogP contribution in [-0.2, 0) is 14.3 Å². The zero-order chi connectivity index (χ0) is 9.84. The number of thioether (sulfide) groups is 1. The Morgan fingerprint density at radius 2 is 2.46 bits per heavy atom. The molecule has 1 unspecified atom stereocenters. The highest BCUT2D eigenvalue weighted by Gasteiger charge is 2.28. The van der Waals surface area contributed by atoms with E-state index in [9.17, 15) is 4.79 Å². The summed E-state index contributed by atoms with van der Waals surface area (Å²) in [5.41, 5.74) is 0. The van der Waals surface area contributed by atoms with Crippen molar-refractivity contribution in [3.8, 4) is 0 Å². The molecule has 0 aromatic heterocycles. The van der Waals surface area contributed by atoms with Gasteiger partial charge in [0, 0.05) is 6.42 Å². The third kappa shape index (κ3) is 3.52. The number of hydrogen-bond acceptors (Lipinski definition) is 5. The van der Waals surface area contributed by atoms with Crippen molar-refractivity contribution in [3.63, 3.8) is 0 Å². The van der Waals surface area contributed by atoms with Crippen molar-refractivity contribution in [1.82, 2.24) is 0 Å². The van der Waals surface area contributed by atoms with E-state index in [4.69, 9.17) is 21.7 Å². The highest BCUT2D eigenvalue weighted by molar-refractivity contribution is 8.23. The molecule has 5 heteroatoms. The molecule has 0 aromatic carbocycles. The first-order chi connectivity index (χ1) is 6.09. The topological polar surface area (TPSA) is 35.5 Å². The summed E-state index contributed by atoms with van der Waals surface area (Å²) >= 11 is 6.23. The molecule has 74 valence electrons. The van der Waals surface area contributed by atoms with E-state index in [0.29, 0.717) is 11.0 Å². The van der Waals surface area contributed by atoms with Crippen LogP contribution in [0.25, 0.3) is 0 Å². The SMILES string of the molecule is CC(C)OC(=S)SC1CCOC1=O. The third-order valence-electron chi connectivity index (χ3n) is 1.46. The number of ether oxygens (including phenoxy) is 2. The van der Waals surface area contributed by atoms with E-state index >= 15 is 0 Å². The molecule has 1 heterocycles. The van der Waals surface area contributed by atoms with Crippen molar-refractivity contribution in [3.05, 3.63) is 0 Å². The van der Waals surface area contributed by atoms with Crippen LogP contribution in [0.3, 0.4) is 0 Å². The van der Waals surface area contributed by atoms with Crippen molar-refractivity contribution in [2.24, 2.45) is 0 Å². The van der Waals surface area contributed by atoms with Gasteiger partial charge in [-0.2, -0.15) is 0 Å². The number of hydrogen-bond donors (Lipinski definition) is 0. The van der Waals surface area contributed by atoms with Crippen molar-refractivity contribution < 1.29 is 14.3 Å². The quantitative estimate of drug-likeness (QED) is 0.523. The summed E-state index contributed by atoms with van der Waals surface area (Å²) in [6.45, 7) is 4.31. The Kier molecular flexibility index (Phi) is 3.99. The summed E-state index contributed by atoms with van der Waals surface area (Å²) in [5, 5.41) is -0.161. The normalized spacial score (nSPS) is 21.8. The van der Waals surface area contributed by atoms with E-state index < -0.39 is 0 Å². The predicted molar refractivity (Wildman–Crippen MR) is 55.8 cm³/mol. The number of carbonyl (C=O) groups is 1. The standard InChI is InChI=1S/C8H12O3S2/c1-5(2)11-8(12)13-6-3-4-10-7(6)9/h5-6H,3-4H2,1-2H3. The maximum Gasteiger partial charge on any atom is 0.319 e. The smallest absolute Gasteiger partial charge is 0.319 e. The van der Waals surface area contributed by atoms with E-state index in [0.717, 1.165) is 6.42 Å². The highest BCUT2D eigenvalue weighted by Crippen LogP contribution is 2.24. The van der Waals surface area contributed by atoms with Gasteiger partial charge in [0.05, 0.1) is 12.7 Å². The van der Waals surface area contributed by atoms with Gasteiger partial charge in [-0.1, -0.05) is 11.8 Å². The van der Waals surface area contributed by atoms with E-state index in [2.05, 4.69) is 0 Å². The van der Waals surface area contributed by atoms with Crippen LogP contribution in [0.5, 0.6) is 0 Å². The fourth-order valence-electron chi connectivity index (χ4n) is 0.921. The number of cyclic esters (lactones) is 1. The fourth-order valence-corrected chi connectivity index (χ4v) is 2.32. The lowest BCUT2D eigenvalue weighted by Gasteiger charge is -2.11. The molecule has 1 aliphatic rings. The maximum absolute atomic E-state index is 11.0. The second-order valence-corrected chi connectivity index (χ2v) is 4.78. The maximum atomic E-state index is 11.0. The molecule has 1 aliphatic heterocycles. The Bertz CT molecular complexity index is 215. The van der Waals surface area contributed by atoms with Gasteiger partial charge in [0.25, 0.3) is 0 Å². The lowest BCUT2D eigenvalue weighted by atomic mass is 10.4. The molecule has 1 saturated heterocycles. The fraction of sp³-hybridized carbons (Fsp3) is 0.750. The summed E-state index contributed by atoms with van der Waals surface area (Å²) in [6, 6.07) is 0. The number of esters is 1. The largest absolute Gasteiger partial charge is 0.476 e. The number of carbonyl (C=O) groups excluding carboxylic acids is 1. The second-order valence-electron chi connectivity index (χ2n) is 2.98. The van der Waals surface area contributed by atoms with Gasteiger partial charge in [0.2, 0.25) is 4.38 Å². The summed E-state index contributed by atoms with van der Waals surface area (Å²) in [7, 11) is 0. The second kappa shape index (κ2) is 4.81. The van der Waals surface area contributed by atoms with Gasteiger partial charge in [-0.3, -0.25) is 4.79 Å². The summed E-state index contributed by atoms with van der Waals surface area (Å²) in [4.78, 5) is 11.0. The minimum absolute atomic E-state index is 0.0671. The Labute approximate surface area is 87.2 Å². The van der Waals surface area contributed by atoms with E-state index in [1.807, 2.05) is 13.8 Å². The molecular weight excluding hydrogens is 208 g/mol. The van der Waals surface area contributed by atoms with Crippen molar-refractivity contribution >= 4 is 34.3 Å². The van der Waals surface area contributed by atoms with Crippen LogP contribution in [0.4, 0.5) is 0 Å². The number of thiocarbonyl (C=S) groups is 1. The van der Waals surface area contributed by atoms with E-state index in [1.165, 1.54) is 11.8 Å². The molecule has 0 amide bonds. The van der Waals surface area contributed by atoms with Gasteiger partial charge in [-0.05, 0) is 26.1 Å². The summed E-state index contributed by atoms with van der Waals surface area (Å²) in [5.74, 6) is -0.181. The molecule has 0 radical (unpaired) electrons. The number of rotatable bonds is 2. The molecule has 13 heavy (non-hydrogen) atoms. The van der Waals surface area contributed by atoms with Gasteiger partial charge >= 0.3 is 5.97 Å². The molecule has 0 aromatic rings. The van der Waals surface area contributed by atoms with Crippen molar-refractivity contribution in [2.45, 2.75) is 31.6 Å². The van der Waals surface area contributed by atoms with E-state index in [1.54, 1.807) is 0 Å². The van der Waals surface area contributed by atoms with E-state index in [-0.39, 0.29) is 17.3 Å². The first kappa shape index (κ1) is 10.8. The third-order valence-corrected chi connectivity index (χ3v) is 2.84. The molecule has 1 atom stereocenters. The van der Waals surface area contributed by atoms with Gasteiger partial charge < -0.3 is 9.47 Å². The van der Waals surface area contributed by atoms with Crippen LogP contribution in [0.1, 0.15) is 20.3 Å². The predicted octanol–water partition coefficient (Wildman–Crippen LogP) is 1.74. The van der Waals surface area contributed by atoms with Gasteiger partial charge in [-0.15, -0.1) is 0 Å². The zero-order valence-corrected chi connectivity index (χ0v) is 9.24. The Morgan fingerprint density at radius 3 is 2.92 bits per heavy atom. The molecule has 0 bridgehead atoms. The minimum atomic E-state index is -0.181. The Morgan fingerprint density at radius 1 is 1.77 bits per heavy atom. The molecule has 0 saturated carbocycles. The Hall–Kier alpha value is -0.290. The first-order valence-corrected chi connectivity index (χ1v) is 5.42. The highest BCUT2D eigenvalue weighted by atomic mass is 32.2. The average Bonchev–Trinajstić information content (AvgIpc) is 2.34. The van der Waals surface area contributed by atoms with Crippen LogP contribution < -0.4 is 0 Å². The first-order valence-electron chi connectivity index (χ1n) is 4.13. The van der Waals surface area contributed by atoms with Gasteiger partial charge in [0.1, 0.15) is 5.25 Å². The summed E-state index contributed by atoms with van der Waals surface area (Å²) < 4.78 is 10.5. The van der Waals surface area contributed by atoms with Crippen LogP contribution in [0.2, 0.25) is 0 Å². The van der Waals surface area contributed by atoms with Crippen molar-refractivity contribution in [1.29, 1.82) is 0 Å². The lowest BCUT2D eigenvalue weighted by Crippen LogP contribution is -2.15. The van der Waals surface area contributed by atoms with Crippen molar-refractivity contribution in [2.75, 3.05) is 6.61 Å². The molecule has 0 spiro atoms. The lowest BCUT2D eigenvalue weighted by molar-refractivity contribution is -0.137. The van der Waals surface area contributed by atoms with Gasteiger partial charge in [-0.25, -0.2) is 0 Å². The van der Waals surface area contributed by atoms with Crippen LogP contribution >= 0.6 is 24.0 Å². The monoisotopic (exact) mass is 220 g/mol. The Balaban J connectivity index is 2.31. The zero-order valence-electron chi connectivity index (χ0n) is 7.61. The van der Waals surface area contributed by atoms with Gasteiger partial charge in [0.15, 0.2) is 0 Å². The minimum Gasteiger partial charge on any atom is -0.476 e. The summed E-state index contributed by atoms with van der Waals surface area (Å²) in [6.07, 6.45) is 0.794. The molecule has 0 N–H and O–H groups in total. The molecule has 0 aliphatic carbocycles. The molecule has 1 rings (SSSR count).